The van der Waals surface area contributed by atoms with E-state index in [1.165, 1.54) is 0 Å². The minimum Gasteiger partial charge on any atom is -0.380 e. The fraction of sp³-hybridized carbons (Fsp3) is 0.417. The predicted molar refractivity (Wildman–Crippen MR) is 61.3 cm³/mol. The maximum absolute atomic E-state index is 10.4. The van der Waals surface area contributed by atoms with Gasteiger partial charge in [0.05, 0.1) is 6.61 Å². The van der Waals surface area contributed by atoms with Crippen LogP contribution < -0.4 is 0 Å². The molecular formula is C12H15ClO2. The number of aldehydes is 1. The molecule has 0 amide bonds. The molecule has 0 saturated carbocycles. The van der Waals surface area contributed by atoms with E-state index in [9.17, 15) is 4.79 Å². The number of methoxy groups -OCH3 is 1. The van der Waals surface area contributed by atoms with Crippen molar-refractivity contribution in [2.75, 3.05) is 7.11 Å². The van der Waals surface area contributed by atoms with E-state index in [0.29, 0.717) is 18.1 Å². The van der Waals surface area contributed by atoms with Crippen LogP contribution in [0.3, 0.4) is 0 Å². The molecule has 0 bridgehead atoms. The lowest BCUT2D eigenvalue weighted by Crippen LogP contribution is -1.96. The fourth-order valence-electron chi connectivity index (χ4n) is 1.42. The Morgan fingerprint density at radius 1 is 1.53 bits per heavy atom. The molecule has 0 aliphatic carbocycles. The summed E-state index contributed by atoms with van der Waals surface area (Å²) in [4.78, 5) is 10.4. The van der Waals surface area contributed by atoms with Crippen molar-refractivity contribution in [1.29, 1.82) is 0 Å². The average Bonchev–Trinajstić information content (AvgIpc) is 2.21. The number of carbonyl (C=O) groups is 1. The smallest absolute Gasteiger partial charge is 0.120 e. The second-order valence-corrected chi connectivity index (χ2v) is 3.99. The molecule has 3 heteroatoms. The molecule has 0 N–H and O–H groups in total. The van der Waals surface area contributed by atoms with Gasteiger partial charge in [-0.1, -0.05) is 30.7 Å². The zero-order valence-corrected chi connectivity index (χ0v) is 9.75. The molecule has 0 aliphatic rings. The van der Waals surface area contributed by atoms with Gasteiger partial charge in [-0.05, 0) is 23.1 Å². The van der Waals surface area contributed by atoms with E-state index in [0.717, 1.165) is 17.4 Å². The first kappa shape index (κ1) is 12.2. The van der Waals surface area contributed by atoms with Crippen LogP contribution in [-0.4, -0.2) is 13.4 Å². The quantitative estimate of drug-likeness (QED) is 0.721. The van der Waals surface area contributed by atoms with Crippen molar-refractivity contribution in [3.63, 3.8) is 0 Å². The summed E-state index contributed by atoms with van der Waals surface area (Å²) in [5.74, 6) is 0.219. The van der Waals surface area contributed by atoms with Gasteiger partial charge in [0, 0.05) is 18.6 Å². The van der Waals surface area contributed by atoms with Crippen LogP contribution >= 0.6 is 11.6 Å². The summed E-state index contributed by atoms with van der Waals surface area (Å²) in [6.07, 6.45) is 1.46. The Morgan fingerprint density at radius 3 is 2.80 bits per heavy atom. The molecule has 1 rings (SSSR count). The van der Waals surface area contributed by atoms with Crippen LogP contribution in [0, 0.1) is 0 Å². The third kappa shape index (κ3) is 3.33. The highest BCUT2D eigenvalue weighted by atomic mass is 35.5. The maximum atomic E-state index is 10.4. The number of ether oxygens (including phenoxy) is 1. The number of hydrogen-bond acceptors (Lipinski definition) is 2. The molecule has 2 nitrogen and oxygen atoms in total. The first-order valence-corrected chi connectivity index (χ1v) is 5.27. The van der Waals surface area contributed by atoms with Gasteiger partial charge in [0.15, 0.2) is 0 Å². The zero-order valence-electron chi connectivity index (χ0n) is 9.00. The Morgan fingerprint density at radius 2 is 2.27 bits per heavy atom. The molecule has 82 valence electrons. The highest BCUT2D eigenvalue weighted by Crippen LogP contribution is 2.24. The summed E-state index contributed by atoms with van der Waals surface area (Å²) in [5, 5.41) is 0.701. The molecular weight excluding hydrogens is 212 g/mol. The first-order valence-electron chi connectivity index (χ1n) is 4.90. The van der Waals surface area contributed by atoms with E-state index < -0.39 is 0 Å². The largest absolute Gasteiger partial charge is 0.380 e. The van der Waals surface area contributed by atoms with Crippen molar-refractivity contribution in [1.82, 2.24) is 0 Å². The van der Waals surface area contributed by atoms with E-state index >= 15 is 0 Å². The Balaban J connectivity index is 2.85. The van der Waals surface area contributed by atoms with Gasteiger partial charge in [-0.2, -0.15) is 0 Å². The number of halogens is 1. The van der Waals surface area contributed by atoms with Crippen molar-refractivity contribution < 1.29 is 9.53 Å². The Labute approximate surface area is 95.2 Å². The summed E-state index contributed by atoms with van der Waals surface area (Å²) in [5.41, 5.74) is 2.06. The number of rotatable bonds is 5. The summed E-state index contributed by atoms with van der Waals surface area (Å²) >= 11 is 6.08. The third-order valence-corrected chi connectivity index (χ3v) is 2.75. The molecule has 1 aromatic rings. The molecule has 0 fully saturated rings. The monoisotopic (exact) mass is 226 g/mol. The summed E-state index contributed by atoms with van der Waals surface area (Å²) < 4.78 is 5.02. The van der Waals surface area contributed by atoms with Crippen LogP contribution in [0.5, 0.6) is 0 Å². The third-order valence-electron chi connectivity index (χ3n) is 2.40. The van der Waals surface area contributed by atoms with Gasteiger partial charge in [0.2, 0.25) is 0 Å². The van der Waals surface area contributed by atoms with Crippen LogP contribution in [0.4, 0.5) is 0 Å². The molecule has 15 heavy (non-hydrogen) atoms. The molecule has 1 aromatic carbocycles. The molecule has 0 radical (unpaired) electrons. The van der Waals surface area contributed by atoms with Crippen molar-refractivity contribution in [3.8, 4) is 0 Å². The van der Waals surface area contributed by atoms with Crippen molar-refractivity contribution in [3.05, 3.63) is 34.3 Å². The Bertz CT molecular complexity index is 336. The summed E-state index contributed by atoms with van der Waals surface area (Å²) in [6, 6.07) is 5.85. The molecule has 0 aromatic heterocycles. The van der Waals surface area contributed by atoms with E-state index in [2.05, 4.69) is 0 Å². The number of carbonyl (C=O) groups excluding carboxylic acids is 1. The van der Waals surface area contributed by atoms with E-state index in [-0.39, 0.29) is 5.92 Å². The van der Waals surface area contributed by atoms with Gasteiger partial charge >= 0.3 is 0 Å². The van der Waals surface area contributed by atoms with E-state index in [1.54, 1.807) is 7.11 Å². The van der Waals surface area contributed by atoms with Crippen LogP contribution in [0.1, 0.15) is 30.4 Å². The van der Waals surface area contributed by atoms with Gasteiger partial charge in [0.25, 0.3) is 0 Å². The van der Waals surface area contributed by atoms with Crippen molar-refractivity contribution in [2.45, 2.75) is 25.9 Å². The standard InChI is InChI=1S/C12H15ClO2/c1-9(5-6-14)10-3-4-11(8-15-2)12(13)7-10/h3-4,6-7,9H,5,8H2,1-2H3. The number of benzene rings is 1. The van der Waals surface area contributed by atoms with E-state index in [1.807, 2.05) is 25.1 Å². The number of hydrogen-bond donors (Lipinski definition) is 0. The molecule has 0 saturated heterocycles. The van der Waals surface area contributed by atoms with Gasteiger partial charge in [0.1, 0.15) is 6.29 Å². The average molecular weight is 227 g/mol. The normalized spacial score (nSPS) is 12.5. The minimum atomic E-state index is 0.219. The van der Waals surface area contributed by atoms with Crippen molar-refractivity contribution >= 4 is 17.9 Å². The molecule has 0 heterocycles. The van der Waals surface area contributed by atoms with Gasteiger partial charge < -0.3 is 9.53 Å². The SMILES string of the molecule is COCc1ccc(C(C)CC=O)cc1Cl. The second kappa shape index (κ2) is 5.89. The van der Waals surface area contributed by atoms with Gasteiger partial charge in [-0.15, -0.1) is 0 Å². The van der Waals surface area contributed by atoms with Crippen molar-refractivity contribution in [2.24, 2.45) is 0 Å². The Kier molecular flexibility index (Phi) is 4.79. The molecule has 1 unspecified atom stereocenters. The Hall–Kier alpha value is -0.860. The topological polar surface area (TPSA) is 26.3 Å². The first-order chi connectivity index (χ1) is 7.19. The lowest BCUT2D eigenvalue weighted by Gasteiger charge is -2.10. The van der Waals surface area contributed by atoms with E-state index in [4.69, 9.17) is 16.3 Å². The second-order valence-electron chi connectivity index (χ2n) is 3.59. The molecule has 0 aliphatic heterocycles. The predicted octanol–water partition coefficient (Wildman–Crippen LogP) is 3.18. The fourth-order valence-corrected chi connectivity index (χ4v) is 1.67. The van der Waals surface area contributed by atoms with Crippen LogP contribution in [-0.2, 0) is 16.1 Å². The zero-order chi connectivity index (χ0) is 11.3. The maximum Gasteiger partial charge on any atom is 0.120 e. The molecule has 1 atom stereocenters. The van der Waals surface area contributed by atoms with Crippen LogP contribution in [0.2, 0.25) is 5.02 Å². The summed E-state index contributed by atoms with van der Waals surface area (Å²) in [7, 11) is 1.64. The van der Waals surface area contributed by atoms with Crippen LogP contribution in [0.15, 0.2) is 18.2 Å². The lowest BCUT2D eigenvalue weighted by molar-refractivity contribution is -0.108. The highest BCUT2D eigenvalue weighted by molar-refractivity contribution is 6.31. The summed E-state index contributed by atoms with van der Waals surface area (Å²) in [6.45, 7) is 2.53. The lowest BCUT2D eigenvalue weighted by atomic mass is 9.97. The van der Waals surface area contributed by atoms with Crippen LogP contribution in [0.25, 0.3) is 0 Å². The highest BCUT2D eigenvalue weighted by Gasteiger charge is 2.07. The molecule has 0 spiro atoms. The minimum absolute atomic E-state index is 0.219. The van der Waals surface area contributed by atoms with Gasteiger partial charge in [-0.25, -0.2) is 0 Å². The van der Waals surface area contributed by atoms with Gasteiger partial charge in [-0.3, -0.25) is 0 Å².